The summed E-state index contributed by atoms with van der Waals surface area (Å²) in [6, 6.07) is 9.08. The van der Waals surface area contributed by atoms with E-state index in [4.69, 9.17) is 5.26 Å². The number of nitriles is 1. The number of carbonyl (C=O) groups is 1. The molecule has 0 spiro atoms. The molecule has 1 aromatic carbocycles. The highest BCUT2D eigenvalue weighted by molar-refractivity contribution is 5.92. The van der Waals surface area contributed by atoms with Crippen LogP contribution < -0.4 is 5.32 Å². The second-order valence-corrected chi connectivity index (χ2v) is 6.83. The van der Waals surface area contributed by atoms with Gasteiger partial charge in [0.15, 0.2) is 0 Å². The maximum absolute atomic E-state index is 12.1. The van der Waals surface area contributed by atoms with E-state index >= 15 is 0 Å². The van der Waals surface area contributed by atoms with Crippen LogP contribution in [0.5, 0.6) is 0 Å². The molecule has 1 fully saturated rings. The van der Waals surface area contributed by atoms with Gasteiger partial charge >= 0.3 is 0 Å². The molecule has 21 heavy (non-hydrogen) atoms. The summed E-state index contributed by atoms with van der Waals surface area (Å²) in [6.45, 7) is 9.16. The minimum Gasteiger partial charge on any atom is -0.325 e. The molecule has 0 aliphatic carbocycles. The summed E-state index contributed by atoms with van der Waals surface area (Å²) in [5.41, 5.74) is 1.54. The molecule has 0 bridgehead atoms. The van der Waals surface area contributed by atoms with Gasteiger partial charge < -0.3 is 5.32 Å². The molecule has 1 unspecified atom stereocenters. The number of nitrogens with one attached hydrogen (secondary N) is 1. The lowest BCUT2D eigenvalue weighted by Crippen LogP contribution is -2.33. The number of likely N-dealkylation sites (tertiary alicyclic amines) is 1. The van der Waals surface area contributed by atoms with Gasteiger partial charge in [-0.25, -0.2) is 0 Å². The Morgan fingerprint density at radius 1 is 1.48 bits per heavy atom. The van der Waals surface area contributed by atoms with Gasteiger partial charge in [0.05, 0.1) is 18.2 Å². The van der Waals surface area contributed by atoms with Crippen molar-refractivity contribution in [2.45, 2.75) is 27.2 Å². The summed E-state index contributed by atoms with van der Waals surface area (Å²) in [5, 5.41) is 11.7. The van der Waals surface area contributed by atoms with E-state index in [1.807, 2.05) is 0 Å². The van der Waals surface area contributed by atoms with Gasteiger partial charge in [0, 0.05) is 12.2 Å². The quantitative estimate of drug-likeness (QED) is 0.929. The van der Waals surface area contributed by atoms with Crippen LogP contribution in [-0.2, 0) is 4.79 Å². The van der Waals surface area contributed by atoms with E-state index in [1.165, 1.54) is 0 Å². The Morgan fingerprint density at radius 3 is 2.86 bits per heavy atom. The van der Waals surface area contributed by atoms with Crippen molar-refractivity contribution in [1.29, 1.82) is 5.26 Å². The molecule has 1 aliphatic rings. The van der Waals surface area contributed by atoms with Crippen LogP contribution in [0, 0.1) is 22.7 Å². The van der Waals surface area contributed by atoms with Crippen LogP contribution in [-0.4, -0.2) is 30.4 Å². The van der Waals surface area contributed by atoms with Gasteiger partial charge in [-0.2, -0.15) is 5.26 Å². The summed E-state index contributed by atoms with van der Waals surface area (Å²) in [7, 11) is 0. The number of amides is 1. The second kappa shape index (κ2) is 6.28. The molecule has 1 heterocycles. The van der Waals surface area contributed by atoms with Crippen molar-refractivity contribution >= 4 is 11.6 Å². The Bertz CT molecular complexity index is 554. The largest absolute Gasteiger partial charge is 0.325 e. The lowest BCUT2D eigenvalue weighted by molar-refractivity contribution is -0.117. The van der Waals surface area contributed by atoms with Crippen molar-refractivity contribution in [1.82, 2.24) is 4.90 Å². The number of hydrogen-bond acceptors (Lipinski definition) is 3. The molecule has 1 aromatic rings. The van der Waals surface area contributed by atoms with Gasteiger partial charge in [-0.1, -0.05) is 26.8 Å². The first-order valence-electron chi connectivity index (χ1n) is 7.41. The number of rotatable bonds is 3. The summed E-state index contributed by atoms with van der Waals surface area (Å²) in [4.78, 5) is 14.3. The molecule has 0 radical (unpaired) electrons. The lowest BCUT2D eigenvalue weighted by Gasteiger charge is -2.27. The predicted molar refractivity (Wildman–Crippen MR) is 83.8 cm³/mol. The molecule has 1 amide bonds. The monoisotopic (exact) mass is 285 g/mol. The molecule has 112 valence electrons. The Morgan fingerprint density at radius 2 is 2.24 bits per heavy atom. The van der Waals surface area contributed by atoms with E-state index in [0.29, 0.717) is 29.1 Å². The van der Waals surface area contributed by atoms with E-state index < -0.39 is 0 Å². The predicted octanol–water partition coefficient (Wildman–Crippen LogP) is 2.86. The van der Waals surface area contributed by atoms with Crippen molar-refractivity contribution in [2.24, 2.45) is 11.3 Å². The molecule has 2 rings (SSSR count). The first-order valence-corrected chi connectivity index (χ1v) is 7.41. The van der Waals surface area contributed by atoms with Crippen LogP contribution in [0.3, 0.4) is 0 Å². The molecule has 1 N–H and O–H groups in total. The lowest BCUT2D eigenvalue weighted by atomic mass is 9.80. The first kappa shape index (κ1) is 15.5. The Labute approximate surface area is 126 Å². The third-order valence-corrected chi connectivity index (χ3v) is 4.14. The molecule has 0 aromatic heterocycles. The fourth-order valence-corrected chi connectivity index (χ4v) is 2.75. The van der Waals surface area contributed by atoms with Crippen molar-refractivity contribution in [3.8, 4) is 6.07 Å². The molecule has 1 saturated heterocycles. The fraction of sp³-hybridized carbons (Fsp3) is 0.529. The van der Waals surface area contributed by atoms with Crippen molar-refractivity contribution in [2.75, 3.05) is 25.0 Å². The summed E-state index contributed by atoms with van der Waals surface area (Å²) < 4.78 is 0. The van der Waals surface area contributed by atoms with Crippen LogP contribution in [0.4, 0.5) is 5.69 Å². The summed E-state index contributed by atoms with van der Waals surface area (Å²) in [5.74, 6) is 0.631. The smallest absolute Gasteiger partial charge is 0.238 e. The molecule has 1 aliphatic heterocycles. The zero-order valence-electron chi connectivity index (χ0n) is 13.0. The van der Waals surface area contributed by atoms with E-state index in [0.717, 1.165) is 19.5 Å². The average molecular weight is 285 g/mol. The zero-order valence-corrected chi connectivity index (χ0v) is 13.0. The average Bonchev–Trinajstić information content (AvgIpc) is 2.87. The third-order valence-electron chi connectivity index (χ3n) is 4.14. The summed E-state index contributed by atoms with van der Waals surface area (Å²) >= 11 is 0. The molecule has 0 saturated carbocycles. The zero-order chi connectivity index (χ0) is 15.5. The molecule has 1 atom stereocenters. The summed E-state index contributed by atoms with van der Waals surface area (Å²) in [6.07, 6.45) is 1.15. The van der Waals surface area contributed by atoms with Gasteiger partial charge in [0.1, 0.15) is 0 Å². The van der Waals surface area contributed by atoms with E-state index in [9.17, 15) is 4.79 Å². The highest BCUT2D eigenvalue weighted by atomic mass is 16.2. The van der Waals surface area contributed by atoms with Gasteiger partial charge in [-0.15, -0.1) is 0 Å². The SMILES string of the molecule is CC(C)(C)C1CCN(CC(=O)Nc2cccc(C#N)c2)C1. The van der Waals surface area contributed by atoms with Crippen molar-refractivity contribution in [3.05, 3.63) is 29.8 Å². The Kier molecular flexibility index (Phi) is 4.64. The van der Waals surface area contributed by atoms with Gasteiger partial charge in [-0.3, -0.25) is 9.69 Å². The Balaban J connectivity index is 1.87. The highest BCUT2D eigenvalue weighted by Crippen LogP contribution is 2.33. The van der Waals surface area contributed by atoms with Gasteiger partial charge in [-0.05, 0) is 42.5 Å². The van der Waals surface area contributed by atoms with Crippen LogP contribution in [0.1, 0.15) is 32.8 Å². The minimum atomic E-state index is -0.0142. The maximum Gasteiger partial charge on any atom is 0.238 e. The van der Waals surface area contributed by atoms with Crippen LogP contribution in [0.2, 0.25) is 0 Å². The molecule has 4 heteroatoms. The standard InChI is InChI=1S/C17H23N3O/c1-17(2,3)14-7-8-20(11-14)12-16(21)19-15-6-4-5-13(9-15)10-18/h4-6,9,14H,7-8,11-12H2,1-3H3,(H,19,21). The maximum atomic E-state index is 12.1. The number of carbonyl (C=O) groups excluding carboxylic acids is 1. The van der Waals surface area contributed by atoms with Crippen LogP contribution in [0.25, 0.3) is 0 Å². The number of nitrogens with zero attached hydrogens (tertiary/aromatic N) is 2. The Hall–Kier alpha value is -1.86. The minimum absolute atomic E-state index is 0.0142. The molecule has 4 nitrogen and oxygen atoms in total. The fourth-order valence-electron chi connectivity index (χ4n) is 2.75. The van der Waals surface area contributed by atoms with Gasteiger partial charge in [0.2, 0.25) is 5.91 Å². The van der Waals surface area contributed by atoms with Crippen LogP contribution >= 0.6 is 0 Å². The van der Waals surface area contributed by atoms with Crippen molar-refractivity contribution < 1.29 is 4.79 Å². The number of hydrogen-bond donors (Lipinski definition) is 1. The van der Waals surface area contributed by atoms with E-state index in [1.54, 1.807) is 24.3 Å². The van der Waals surface area contributed by atoms with Crippen molar-refractivity contribution in [3.63, 3.8) is 0 Å². The first-order chi connectivity index (χ1) is 9.88. The number of benzene rings is 1. The van der Waals surface area contributed by atoms with E-state index in [2.05, 4.69) is 37.1 Å². The number of anilines is 1. The third kappa shape index (κ3) is 4.30. The molecular weight excluding hydrogens is 262 g/mol. The van der Waals surface area contributed by atoms with Crippen LogP contribution in [0.15, 0.2) is 24.3 Å². The molecular formula is C17H23N3O. The van der Waals surface area contributed by atoms with Gasteiger partial charge in [0.25, 0.3) is 0 Å². The topological polar surface area (TPSA) is 56.1 Å². The normalized spacial score (nSPS) is 19.2. The highest BCUT2D eigenvalue weighted by Gasteiger charge is 2.32. The second-order valence-electron chi connectivity index (χ2n) is 6.83. The van der Waals surface area contributed by atoms with E-state index in [-0.39, 0.29) is 5.91 Å².